The summed E-state index contributed by atoms with van der Waals surface area (Å²) in [4.78, 5) is 0. The van der Waals surface area contributed by atoms with E-state index < -0.39 is 0 Å². The summed E-state index contributed by atoms with van der Waals surface area (Å²) < 4.78 is 15.3. The second kappa shape index (κ2) is 10.0. The van der Waals surface area contributed by atoms with Crippen molar-refractivity contribution in [2.45, 2.75) is 64.7 Å². The summed E-state index contributed by atoms with van der Waals surface area (Å²) in [6, 6.07) is 20.8. The summed E-state index contributed by atoms with van der Waals surface area (Å²) in [5.41, 5.74) is 6.13. The van der Waals surface area contributed by atoms with Crippen LogP contribution in [0.15, 0.2) is 60.7 Å². The zero-order valence-corrected chi connectivity index (χ0v) is 19.4. The molecule has 0 atom stereocenters. The third-order valence-electron chi connectivity index (χ3n) is 7.00. The van der Waals surface area contributed by atoms with Gasteiger partial charge in [-0.25, -0.2) is 4.39 Å². The van der Waals surface area contributed by atoms with Crippen molar-refractivity contribution in [3.05, 3.63) is 82.6 Å². The molecule has 3 aromatic rings. The highest BCUT2D eigenvalue weighted by molar-refractivity contribution is 6.32. The summed E-state index contributed by atoms with van der Waals surface area (Å²) in [6.45, 7) is 4.46. The normalized spacial score (nSPS) is 18.8. The van der Waals surface area contributed by atoms with Crippen LogP contribution in [0.25, 0.3) is 22.3 Å². The van der Waals surface area contributed by atoms with E-state index in [2.05, 4.69) is 56.3 Å². The number of hydrogen-bond acceptors (Lipinski definition) is 0. The van der Waals surface area contributed by atoms with Gasteiger partial charge >= 0.3 is 0 Å². The zero-order valence-electron chi connectivity index (χ0n) is 18.6. The molecule has 0 nitrogen and oxygen atoms in total. The molecule has 3 aromatic carbocycles. The number of hydrogen-bond donors (Lipinski definition) is 0. The van der Waals surface area contributed by atoms with Crippen LogP contribution in [0.4, 0.5) is 4.39 Å². The Bertz CT molecular complexity index is 996. The molecule has 0 saturated heterocycles. The molecule has 0 aromatic heterocycles. The molecule has 1 aliphatic rings. The smallest absolute Gasteiger partial charge is 0.149 e. The monoisotopic (exact) mass is 434 g/mol. The Morgan fingerprint density at radius 1 is 0.774 bits per heavy atom. The van der Waals surface area contributed by atoms with Crippen molar-refractivity contribution in [1.29, 1.82) is 0 Å². The molecule has 162 valence electrons. The van der Waals surface area contributed by atoms with E-state index in [-0.39, 0.29) is 5.82 Å². The Hall–Kier alpha value is -2.12. The fourth-order valence-corrected chi connectivity index (χ4v) is 5.30. The first kappa shape index (κ1) is 22.1. The maximum Gasteiger partial charge on any atom is 0.149 e. The molecule has 0 bridgehead atoms. The van der Waals surface area contributed by atoms with Crippen molar-refractivity contribution >= 4 is 11.6 Å². The molecule has 0 spiro atoms. The first-order valence-electron chi connectivity index (χ1n) is 11.8. The molecule has 2 heteroatoms. The lowest BCUT2D eigenvalue weighted by molar-refractivity contribution is 0.318. The van der Waals surface area contributed by atoms with Crippen molar-refractivity contribution in [2.24, 2.45) is 5.92 Å². The Labute approximate surface area is 191 Å². The van der Waals surface area contributed by atoms with Gasteiger partial charge in [-0.05, 0) is 71.8 Å². The second-order valence-electron chi connectivity index (χ2n) is 8.98. The SMILES string of the molecule is CCCc1ccc(-c2ccc(-c3ccc(C4CCC(CC)CC4)c(Cl)c3F)cc2)cc1. The maximum absolute atomic E-state index is 15.3. The van der Waals surface area contributed by atoms with Crippen molar-refractivity contribution in [3.63, 3.8) is 0 Å². The van der Waals surface area contributed by atoms with Gasteiger partial charge in [-0.3, -0.25) is 0 Å². The van der Waals surface area contributed by atoms with Crippen LogP contribution < -0.4 is 0 Å². The molecule has 4 rings (SSSR count). The van der Waals surface area contributed by atoms with Gasteiger partial charge in [0.2, 0.25) is 0 Å². The van der Waals surface area contributed by atoms with Crippen LogP contribution in [-0.4, -0.2) is 0 Å². The highest BCUT2D eigenvalue weighted by atomic mass is 35.5. The number of rotatable bonds is 6. The van der Waals surface area contributed by atoms with Gasteiger partial charge < -0.3 is 0 Å². The third kappa shape index (κ3) is 4.88. The molecule has 0 radical (unpaired) electrons. The molecule has 1 fully saturated rings. The topological polar surface area (TPSA) is 0 Å². The van der Waals surface area contributed by atoms with Crippen LogP contribution in [0.2, 0.25) is 5.02 Å². The van der Waals surface area contributed by atoms with Crippen LogP contribution >= 0.6 is 11.6 Å². The highest BCUT2D eigenvalue weighted by Crippen LogP contribution is 2.42. The Morgan fingerprint density at radius 2 is 1.35 bits per heavy atom. The number of benzene rings is 3. The number of aryl methyl sites for hydroxylation is 1. The van der Waals surface area contributed by atoms with Crippen LogP contribution in [0.3, 0.4) is 0 Å². The van der Waals surface area contributed by atoms with Gasteiger partial charge in [-0.15, -0.1) is 0 Å². The minimum Gasteiger partial charge on any atom is -0.205 e. The molecule has 0 aliphatic heterocycles. The molecular weight excluding hydrogens is 403 g/mol. The predicted molar refractivity (Wildman–Crippen MR) is 131 cm³/mol. The summed E-state index contributed by atoms with van der Waals surface area (Å²) in [5.74, 6) is 0.922. The van der Waals surface area contributed by atoms with Gasteiger partial charge in [-0.2, -0.15) is 0 Å². The van der Waals surface area contributed by atoms with Crippen molar-refractivity contribution in [3.8, 4) is 22.3 Å². The Morgan fingerprint density at radius 3 is 1.94 bits per heavy atom. The average molecular weight is 435 g/mol. The van der Waals surface area contributed by atoms with E-state index in [1.165, 1.54) is 30.4 Å². The van der Waals surface area contributed by atoms with Gasteiger partial charge in [0, 0.05) is 5.56 Å². The summed E-state index contributed by atoms with van der Waals surface area (Å²) in [7, 11) is 0. The summed E-state index contributed by atoms with van der Waals surface area (Å²) in [5, 5.41) is 0.313. The standard InChI is InChI=1S/C29H32ClF/c1-3-5-21-8-10-22(11-9-21)23-14-16-25(17-15-23)27-19-18-26(28(30)29(27)31)24-12-6-20(4-2)7-13-24/h8-11,14-20,24H,3-7,12-13H2,1-2H3. The zero-order chi connectivity index (χ0) is 21.8. The van der Waals surface area contributed by atoms with Gasteiger partial charge in [0.05, 0.1) is 5.02 Å². The molecule has 0 amide bonds. The summed E-state index contributed by atoms with van der Waals surface area (Å²) >= 11 is 6.54. The minimum atomic E-state index is -0.284. The van der Waals surface area contributed by atoms with Gasteiger partial charge in [-0.1, -0.05) is 99.0 Å². The summed E-state index contributed by atoms with van der Waals surface area (Å²) in [6.07, 6.45) is 8.18. The number of halogens is 2. The lowest BCUT2D eigenvalue weighted by Gasteiger charge is -2.29. The highest BCUT2D eigenvalue weighted by Gasteiger charge is 2.25. The van der Waals surface area contributed by atoms with Gasteiger partial charge in [0.15, 0.2) is 0 Å². The first-order valence-corrected chi connectivity index (χ1v) is 12.2. The largest absolute Gasteiger partial charge is 0.205 e. The van der Waals surface area contributed by atoms with Gasteiger partial charge in [0.1, 0.15) is 5.82 Å². The van der Waals surface area contributed by atoms with E-state index >= 15 is 4.39 Å². The fraction of sp³-hybridized carbons (Fsp3) is 0.379. The van der Waals surface area contributed by atoms with E-state index in [4.69, 9.17) is 11.6 Å². The van der Waals surface area contributed by atoms with Crippen molar-refractivity contribution in [2.75, 3.05) is 0 Å². The van der Waals surface area contributed by atoms with Crippen LogP contribution in [0.5, 0.6) is 0 Å². The van der Waals surface area contributed by atoms with E-state index in [0.717, 1.165) is 48.3 Å². The van der Waals surface area contributed by atoms with E-state index in [1.807, 2.05) is 18.2 Å². The quantitative estimate of drug-likeness (QED) is 0.362. The van der Waals surface area contributed by atoms with Crippen LogP contribution in [0.1, 0.15) is 69.4 Å². The third-order valence-corrected chi connectivity index (χ3v) is 7.38. The van der Waals surface area contributed by atoms with Crippen molar-refractivity contribution < 1.29 is 4.39 Å². The van der Waals surface area contributed by atoms with Crippen LogP contribution in [0, 0.1) is 11.7 Å². The fourth-order valence-electron chi connectivity index (χ4n) is 4.98. The van der Waals surface area contributed by atoms with E-state index in [9.17, 15) is 0 Å². The molecular formula is C29H32ClF. The Kier molecular flexibility index (Phi) is 7.13. The van der Waals surface area contributed by atoms with Crippen LogP contribution in [-0.2, 0) is 6.42 Å². The first-order chi connectivity index (χ1) is 15.1. The van der Waals surface area contributed by atoms with E-state index in [0.29, 0.717) is 16.5 Å². The molecule has 1 aliphatic carbocycles. The van der Waals surface area contributed by atoms with E-state index in [1.54, 1.807) is 0 Å². The van der Waals surface area contributed by atoms with Gasteiger partial charge in [0.25, 0.3) is 0 Å². The minimum absolute atomic E-state index is 0.284. The molecule has 0 unspecified atom stereocenters. The lowest BCUT2D eigenvalue weighted by Crippen LogP contribution is -2.13. The maximum atomic E-state index is 15.3. The predicted octanol–water partition coefficient (Wildman–Crippen LogP) is 9.45. The second-order valence-corrected chi connectivity index (χ2v) is 9.36. The average Bonchev–Trinajstić information content (AvgIpc) is 2.82. The Balaban J connectivity index is 1.53. The molecule has 0 heterocycles. The lowest BCUT2D eigenvalue weighted by atomic mass is 9.77. The van der Waals surface area contributed by atoms with Crippen molar-refractivity contribution in [1.82, 2.24) is 0 Å². The molecule has 31 heavy (non-hydrogen) atoms. The molecule has 1 saturated carbocycles. The molecule has 0 N–H and O–H groups in total.